The highest BCUT2D eigenvalue weighted by Gasteiger charge is 2.19. The summed E-state index contributed by atoms with van der Waals surface area (Å²) in [6, 6.07) is 1.14. The van der Waals surface area contributed by atoms with Crippen LogP contribution in [0.15, 0.2) is 17.1 Å². The van der Waals surface area contributed by atoms with Crippen molar-refractivity contribution in [2.24, 2.45) is 0 Å². The molecular formula is C10H14N2O4. The van der Waals surface area contributed by atoms with Crippen molar-refractivity contribution in [2.45, 2.75) is 33.0 Å². The second-order valence-corrected chi connectivity index (χ2v) is 4.25. The number of hydrogen-bond acceptors (Lipinski definition) is 5. The number of carbonyl (C=O) groups excluding carboxylic acids is 1. The second-order valence-electron chi connectivity index (χ2n) is 4.25. The molecule has 6 heteroatoms. The Hall–Kier alpha value is -1.69. The Morgan fingerprint density at radius 2 is 2.19 bits per heavy atom. The zero-order valence-electron chi connectivity index (χ0n) is 9.43. The van der Waals surface area contributed by atoms with Gasteiger partial charge in [-0.2, -0.15) is 5.10 Å². The largest absolute Gasteiger partial charge is 0.442 e. The Balaban J connectivity index is 2.97. The minimum atomic E-state index is -0.831. The molecule has 0 aliphatic carbocycles. The monoisotopic (exact) mass is 226 g/mol. The van der Waals surface area contributed by atoms with E-state index in [1.165, 1.54) is 6.20 Å². The van der Waals surface area contributed by atoms with Gasteiger partial charge < -0.3 is 9.84 Å². The molecule has 0 saturated heterocycles. The molecule has 88 valence electrons. The molecule has 0 aliphatic rings. The molecule has 0 atom stereocenters. The molecule has 1 aromatic rings. The van der Waals surface area contributed by atoms with Crippen LogP contribution in [-0.2, 0) is 11.3 Å². The van der Waals surface area contributed by atoms with Gasteiger partial charge in [0.15, 0.2) is 0 Å². The van der Waals surface area contributed by atoms with Gasteiger partial charge in [-0.1, -0.05) is 0 Å². The van der Waals surface area contributed by atoms with E-state index >= 15 is 0 Å². The van der Waals surface area contributed by atoms with Gasteiger partial charge in [-0.15, -0.1) is 4.68 Å². The molecule has 1 N–H and O–H groups in total. The normalized spacial score (nSPS) is 11.2. The topological polar surface area (TPSA) is 81.4 Å². The lowest BCUT2D eigenvalue weighted by atomic mass is 10.2. The summed E-state index contributed by atoms with van der Waals surface area (Å²) in [5, 5.41) is 12.4. The Labute approximate surface area is 92.5 Å². The van der Waals surface area contributed by atoms with Gasteiger partial charge in [-0.05, 0) is 20.8 Å². The fourth-order valence-electron chi connectivity index (χ4n) is 0.975. The summed E-state index contributed by atoms with van der Waals surface area (Å²) >= 11 is 0. The van der Waals surface area contributed by atoms with Gasteiger partial charge >= 0.3 is 6.09 Å². The van der Waals surface area contributed by atoms with Gasteiger partial charge in [0, 0.05) is 11.6 Å². The predicted octanol–water partition coefficient (Wildman–Crippen LogP) is 0.519. The van der Waals surface area contributed by atoms with E-state index in [1.807, 2.05) is 0 Å². The molecule has 0 saturated carbocycles. The Morgan fingerprint density at radius 1 is 1.56 bits per heavy atom. The van der Waals surface area contributed by atoms with Crippen molar-refractivity contribution in [3.05, 3.63) is 28.2 Å². The highest BCUT2D eigenvalue weighted by Crippen LogP contribution is 2.07. The third kappa shape index (κ3) is 3.16. The van der Waals surface area contributed by atoms with Crippen molar-refractivity contribution < 1.29 is 14.6 Å². The maximum atomic E-state index is 11.5. The molecular weight excluding hydrogens is 212 g/mol. The number of ether oxygens (including phenoxy) is 1. The van der Waals surface area contributed by atoms with E-state index in [9.17, 15) is 9.59 Å². The van der Waals surface area contributed by atoms with Crippen molar-refractivity contribution in [1.82, 2.24) is 9.78 Å². The number of nitrogens with zero attached hydrogens (tertiary/aromatic N) is 2. The maximum absolute atomic E-state index is 11.5. The van der Waals surface area contributed by atoms with E-state index in [2.05, 4.69) is 5.10 Å². The van der Waals surface area contributed by atoms with Gasteiger partial charge in [-0.25, -0.2) is 4.79 Å². The number of aromatic nitrogens is 2. The van der Waals surface area contributed by atoms with Crippen molar-refractivity contribution in [1.29, 1.82) is 0 Å². The fourth-order valence-corrected chi connectivity index (χ4v) is 0.975. The molecule has 16 heavy (non-hydrogen) atoms. The van der Waals surface area contributed by atoms with E-state index in [-0.39, 0.29) is 6.61 Å². The SMILES string of the molecule is CC(C)(C)OC(=O)n1ncc(CO)cc1=O. The third-order valence-electron chi connectivity index (χ3n) is 1.61. The second kappa shape index (κ2) is 4.44. The lowest BCUT2D eigenvalue weighted by Gasteiger charge is -2.19. The van der Waals surface area contributed by atoms with Crippen LogP contribution in [-0.4, -0.2) is 26.6 Å². The van der Waals surface area contributed by atoms with Gasteiger partial charge in [0.05, 0.1) is 12.8 Å². The van der Waals surface area contributed by atoms with E-state index < -0.39 is 17.3 Å². The van der Waals surface area contributed by atoms with Gasteiger partial charge in [0.2, 0.25) is 0 Å². The van der Waals surface area contributed by atoms with E-state index in [0.717, 1.165) is 6.07 Å². The first kappa shape index (κ1) is 12.4. The standard InChI is InChI=1S/C10H14N2O4/c1-10(2,3)16-9(15)12-8(14)4-7(6-13)5-11-12/h4-5,13H,6H2,1-3H3. The van der Waals surface area contributed by atoms with Crippen LogP contribution in [0.2, 0.25) is 0 Å². The van der Waals surface area contributed by atoms with Gasteiger partial charge in [-0.3, -0.25) is 4.79 Å². The Bertz CT molecular complexity index is 445. The molecule has 0 radical (unpaired) electrons. The van der Waals surface area contributed by atoms with Crippen LogP contribution in [0.1, 0.15) is 26.3 Å². The number of aliphatic hydroxyl groups excluding tert-OH is 1. The smallest absolute Gasteiger partial charge is 0.438 e. The molecule has 0 aliphatic heterocycles. The summed E-state index contributed by atoms with van der Waals surface area (Å²) in [6.07, 6.45) is 0.410. The summed E-state index contributed by atoms with van der Waals surface area (Å²) in [7, 11) is 0. The van der Waals surface area contributed by atoms with E-state index in [1.54, 1.807) is 20.8 Å². The molecule has 0 unspecified atom stereocenters. The van der Waals surface area contributed by atoms with Gasteiger partial charge in [0.1, 0.15) is 5.60 Å². The fraction of sp³-hybridized carbons (Fsp3) is 0.500. The average Bonchev–Trinajstić information content (AvgIpc) is 2.14. The molecule has 0 fully saturated rings. The minimum absolute atomic E-state index is 0.294. The molecule has 0 bridgehead atoms. The van der Waals surface area contributed by atoms with Crippen molar-refractivity contribution in [2.75, 3.05) is 0 Å². The van der Waals surface area contributed by atoms with E-state index in [4.69, 9.17) is 9.84 Å². The number of rotatable bonds is 1. The summed E-state index contributed by atoms with van der Waals surface area (Å²) < 4.78 is 5.59. The summed E-state index contributed by atoms with van der Waals surface area (Å²) in [5.41, 5.74) is -0.959. The van der Waals surface area contributed by atoms with Crippen molar-refractivity contribution >= 4 is 6.09 Å². The average molecular weight is 226 g/mol. The van der Waals surface area contributed by atoms with Crippen molar-refractivity contribution in [3.8, 4) is 0 Å². The summed E-state index contributed by atoms with van der Waals surface area (Å²) in [5.74, 6) is 0. The minimum Gasteiger partial charge on any atom is -0.442 e. The maximum Gasteiger partial charge on any atom is 0.438 e. The molecule has 0 spiro atoms. The Kier molecular flexibility index (Phi) is 3.44. The quantitative estimate of drug-likeness (QED) is 0.754. The Morgan fingerprint density at radius 3 is 2.62 bits per heavy atom. The van der Waals surface area contributed by atoms with Crippen molar-refractivity contribution in [3.63, 3.8) is 0 Å². The van der Waals surface area contributed by atoms with Crippen LogP contribution in [0.5, 0.6) is 0 Å². The van der Waals surface area contributed by atoms with Crippen LogP contribution in [0.3, 0.4) is 0 Å². The van der Waals surface area contributed by atoms with Crippen LogP contribution in [0, 0.1) is 0 Å². The van der Waals surface area contributed by atoms with Crippen LogP contribution in [0.4, 0.5) is 4.79 Å². The number of aliphatic hydroxyl groups is 1. The first-order chi connectivity index (χ1) is 7.33. The van der Waals surface area contributed by atoms with E-state index in [0.29, 0.717) is 10.2 Å². The number of hydrogen-bond donors (Lipinski definition) is 1. The molecule has 1 heterocycles. The first-order valence-corrected chi connectivity index (χ1v) is 4.76. The third-order valence-corrected chi connectivity index (χ3v) is 1.61. The first-order valence-electron chi connectivity index (χ1n) is 4.76. The molecule has 0 amide bonds. The lowest BCUT2D eigenvalue weighted by Crippen LogP contribution is -2.35. The zero-order valence-corrected chi connectivity index (χ0v) is 9.43. The van der Waals surface area contributed by atoms with Crippen LogP contribution < -0.4 is 5.56 Å². The predicted molar refractivity (Wildman–Crippen MR) is 56.1 cm³/mol. The van der Waals surface area contributed by atoms with Crippen LogP contribution >= 0.6 is 0 Å². The lowest BCUT2D eigenvalue weighted by molar-refractivity contribution is 0.0505. The number of carbonyl (C=O) groups is 1. The molecule has 1 aromatic heterocycles. The summed E-state index contributed by atoms with van der Waals surface area (Å²) in [4.78, 5) is 22.9. The van der Waals surface area contributed by atoms with Crippen LogP contribution in [0.25, 0.3) is 0 Å². The molecule has 6 nitrogen and oxygen atoms in total. The summed E-state index contributed by atoms with van der Waals surface area (Å²) in [6.45, 7) is 4.78. The molecule has 0 aromatic carbocycles. The van der Waals surface area contributed by atoms with Gasteiger partial charge in [0.25, 0.3) is 5.56 Å². The zero-order chi connectivity index (χ0) is 12.3. The highest BCUT2D eigenvalue weighted by molar-refractivity contribution is 5.69. The highest BCUT2D eigenvalue weighted by atomic mass is 16.6. The molecule has 1 rings (SSSR count).